The van der Waals surface area contributed by atoms with Crippen molar-refractivity contribution in [1.29, 1.82) is 0 Å². The molecule has 1 N–H and O–H groups in total. The molecule has 0 radical (unpaired) electrons. The zero-order valence-corrected chi connectivity index (χ0v) is 6.10. The first-order chi connectivity index (χ1) is 3.66. The fourth-order valence-electron chi connectivity index (χ4n) is 0.247. The van der Waals surface area contributed by atoms with Crippen LogP contribution in [0.5, 0.6) is 0 Å². The number of hydrogen-bond donors (Lipinski definition) is 1. The molecule has 0 aliphatic heterocycles. The fourth-order valence-corrected chi connectivity index (χ4v) is 0.486. The summed E-state index contributed by atoms with van der Waals surface area (Å²) in [4.78, 5) is 9.90. The molecule has 0 saturated heterocycles. The van der Waals surface area contributed by atoms with Crippen LogP contribution in [0.25, 0.3) is 0 Å². The minimum absolute atomic E-state index is 0.0799. The Bertz CT molecular complexity index is 118. The van der Waals surface area contributed by atoms with E-state index in [1.54, 1.807) is 13.0 Å². The number of aliphatic carboxylic acids is 1. The lowest BCUT2D eigenvalue weighted by Crippen LogP contribution is -1.92. The Morgan fingerprint density at radius 2 is 2.38 bits per heavy atom. The molecule has 0 atom stereocenters. The van der Waals surface area contributed by atoms with Gasteiger partial charge in [0.2, 0.25) is 0 Å². The monoisotopic (exact) mass is 178 g/mol. The van der Waals surface area contributed by atoms with Crippen molar-refractivity contribution < 1.29 is 9.90 Å². The lowest BCUT2D eigenvalue weighted by molar-refractivity contribution is -0.136. The highest BCUT2D eigenvalue weighted by Gasteiger charge is 1.96. The van der Waals surface area contributed by atoms with E-state index in [0.29, 0.717) is 4.48 Å². The molecule has 8 heavy (non-hydrogen) atoms. The lowest BCUT2D eigenvalue weighted by Gasteiger charge is -1.87. The molecule has 0 heterocycles. The number of carbonyl (C=O) groups is 1. The number of carboxylic acid groups (broad SMARTS) is 1. The first-order valence-corrected chi connectivity index (χ1v) is 2.98. The quantitative estimate of drug-likeness (QED) is 0.701. The summed E-state index contributed by atoms with van der Waals surface area (Å²) >= 11 is 3.06. The summed E-state index contributed by atoms with van der Waals surface area (Å²) < 4.78 is 0.713. The number of halogens is 1. The predicted molar refractivity (Wildman–Crippen MR) is 34.9 cm³/mol. The molecule has 0 aromatic rings. The maximum absolute atomic E-state index is 9.90. The molecule has 0 unspecified atom stereocenters. The first-order valence-electron chi connectivity index (χ1n) is 2.19. The summed E-state index contributed by atoms with van der Waals surface area (Å²) in [7, 11) is 0. The van der Waals surface area contributed by atoms with E-state index >= 15 is 0 Å². The SMILES string of the molecule is C/C=C(/Br)CC(=O)O. The lowest BCUT2D eigenvalue weighted by atomic mass is 10.4. The number of allylic oxidation sites excluding steroid dienone is 1. The van der Waals surface area contributed by atoms with Gasteiger partial charge in [0.05, 0.1) is 6.42 Å². The van der Waals surface area contributed by atoms with Gasteiger partial charge >= 0.3 is 5.97 Å². The molecule has 0 spiro atoms. The highest BCUT2D eigenvalue weighted by molar-refractivity contribution is 9.11. The van der Waals surface area contributed by atoms with Crippen LogP contribution in [0.2, 0.25) is 0 Å². The summed E-state index contributed by atoms with van der Waals surface area (Å²) in [5.41, 5.74) is 0. The minimum atomic E-state index is -0.810. The van der Waals surface area contributed by atoms with Crippen LogP contribution < -0.4 is 0 Å². The maximum Gasteiger partial charge on any atom is 0.308 e. The van der Waals surface area contributed by atoms with Crippen LogP contribution in [0, 0.1) is 0 Å². The van der Waals surface area contributed by atoms with Crippen molar-refractivity contribution in [2.45, 2.75) is 13.3 Å². The molecule has 0 amide bonds. The topological polar surface area (TPSA) is 37.3 Å². The van der Waals surface area contributed by atoms with Gasteiger partial charge in [-0.2, -0.15) is 0 Å². The van der Waals surface area contributed by atoms with Crippen LogP contribution in [0.3, 0.4) is 0 Å². The molecule has 0 fully saturated rings. The Labute approximate surface area is 56.3 Å². The molecular formula is C5H7BrO2. The zero-order chi connectivity index (χ0) is 6.57. The van der Waals surface area contributed by atoms with Crippen LogP contribution in [0.1, 0.15) is 13.3 Å². The highest BCUT2D eigenvalue weighted by atomic mass is 79.9. The molecule has 0 aromatic heterocycles. The third kappa shape index (κ3) is 3.87. The Morgan fingerprint density at radius 3 is 2.50 bits per heavy atom. The van der Waals surface area contributed by atoms with Gasteiger partial charge in [-0.1, -0.05) is 22.0 Å². The van der Waals surface area contributed by atoms with Gasteiger partial charge in [0.25, 0.3) is 0 Å². The van der Waals surface area contributed by atoms with E-state index in [4.69, 9.17) is 5.11 Å². The second kappa shape index (κ2) is 3.66. The zero-order valence-electron chi connectivity index (χ0n) is 4.52. The molecule has 0 bridgehead atoms. The average Bonchev–Trinajstić information content (AvgIpc) is 1.65. The molecule has 0 aliphatic carbocycles. The van der Waals surface area contributed by atoms with Gasteiger partial charge in [-0.3, -0.25) is 4.79 Å². The van der Waals surface area contributed by atoms with Gasteiger partial charge in [-0.25, -0.2) is 0 Å². The Kier molecular flexibility index (Phi) is 3.52. The van der Waals surface area contributed by atoms with Crippen molar-refractivity contribution in [3.8, 4) is 0 Å². The van der Waals surface area contributed by atoms with Gasteiger partial charge in [0, 0.05) is 4.48 Å². The van der Waals surface area contributed by atoms with Crippen molar-refractivity contribution >= 4 is 21.9 Å². The first kappa shape index (κ1) is 7.69. The van der Waals surface area contributed by atoms with Gasteiger partial charge < -0.3 is 5.11 Å². The Balaban J connectivity index is 3.56. The van der Waals surface area contributed by atoms with Crippen LogP contribution in [-0.2, 0) is 4.79 Å². The van der Waals surface area contributed by atoms with Crippen molar-refractivity contribution in [3.05, 3.63) is 10.6 Å². The van der Waals surface area contributed by atoms with E-state index in [2.05, 4.69) is 15.9 Å². The molecule has 46 valence electrons. The van der Waals surface area contributed by atoms with Crippen LogP contribution in [0.4, 0.5) is 0 Å². The van der Waals surface area contributed by atoms with Gasteiger partial charge in [0.1, 0.15) is 0 Å². The van der Waals surface area contributed by atoms with E-state index in [0.717, 1.165) is 0 Å². The normalized spacial score (nSPS) is 11.5. The third-order valence-corrected chi connectivity index (χ3v) is 1.37. The number of rotatable bonds is 2. The largest absolute Gasteiger partial charge is 0.481 e. The second-order valence-corrected chi connectivity index (χ2v) is 2.32. The summed E-state index contributed by atoms with van der Waals surface area (Å²) in [6, 6.07) is 0. The van der Waals surface area contributed by atoms with Crippen LogP contribution in [0.15, 0.2) is 10.6 Å². The van der Waals surface area contributed by atoms with Gasteiger partial charge in [-0.15, -0.1) is 0 Å². The summed E-state index contributed by atoms with van der Waals surface area (Å²) in [5, 5.41) is 8.14. The second-order valence-electron chi connectivity index (χ2n) is 1.31. The minimum Gasteiger partial charge on any atom is -0.481 e. The molecular weight excluding hydrogens is 172 g/mol. The van der Waals surface area contributed by atoms with Crippen molar-refractivity contribution in [3.63, 3.8) is 0 Å². The summed E-state index contributed by atoms with van der Waals surface area (Å²) in [6.45, 7) is 1.78. The van der Waals surface area contributed by atoms with Crippen molar-refractivity contribution in [2.75, 3.05) is 0 Å². The standard InChI is InChI=1S/C5H7BrO2/c1-2-4(6)3-5(7)8/h2H,3H2,1H3,(H,7,8)/b4-2+. The third-order valence-electron chi connectivity index (χ3n) is 0.633. The summed E-state index contributed by atoms with van der Waals surface area (Å²) in [6.07, 6.45) is 1.80. The molecule has 0 aromatic carbocycles. The van der Waals surface area contributed by atoms with Crippen LogP contribution >= 0.6 is 15.9 Å². The number of hydrogen-bond acceptors (Lipinski definition) is 1. The van der Waals surface area contributed by atoms with Crippen molar-refractivity contribution in [1.82, 2.24) is 0 Å². The highest BCUT2D eigenvalue weighted by Crippen LogP contribution is 2.08. The van der Waals surface area contributed by atoms with Gasteiger partial charge in [-0.05, 0) is 6.92 Å². The van der Waals surface area contributed by atoms with Crippen LogP contribution in [-0.4, -0.2) is 11.1 Å². The Morgan fingerprint density at radius 1 is 1.88 bits per heavy atom. The van der Waals surface area contributed by atoms with E-state index < -0.39 is 5.97 Å². The molecule has 0 aliphatic rings. The molecule has 0 saturated carbocycles. The van der Waals surface area contributed by atoms with Crippen molar-refractivity contribution in [2.24, 2.45) is 0 Å². The molecule has 2 nitrogen and oxygen atoms in total. The van der Waals surface area contributed by atoms with E-state index in [1.807, 2.05) is 0 Å². The molecule has 0 rings (SSSR count). The molecule has 3 heteroatoms. The fraction of sp³-hybridized carbons (Fsp3) is 0.400. The van der Waals surface area contributed by atoms with Gasteiger partial charge in [0.15, 0.2) is 0 Å². The summed E-state index contributed by atoms with van der Waals surface area (Å²) in [5.74, 6) is -0.810. The maximum atomic E-state index is 9.90. The van der Waals surface area contributed by atoms with E-state index in [1.165, 1.54) is 0 Å². The predicted octanol–water partition coefficient (Wildman–Crippen LogP) is 1.76. The van der Waals surface area contributed by atoms with E-state index in [-0.39, 0.29) is 6.42 Å². The van der Waals surface area contributed by atoms with E-state index in [9.17, 15) is 4.79 Å². The Hall–Kier alpha value is -0.310. The smallest absolute Gasteiger partial charge is 0.308 e. The average molecular weight is 179 g/mol. The number of carboxylic acids is 1.